The van der Waals surface area contributed by atoms with Crippen LogP contribution in [0.5, 0.6) is 5.75 Å². The lowest BCUT2D eigenvalue weighted by Crippen LogP contribution is -2.51. The third-order valence-corrected chi connectivity index (χ3v) is 4.69. The molecule has 0 spiro atoms. The predicted octanol–water partition coefficient (Wildman–Crippen LogP) is 2.81. The van der Waals surface area contributed by atoms with Crippen molar-refractivity contribution in [1.29, 1.82) is 0 Å². The number of ether oxygens (including phenoxy) is 1. The first kappa shape index (κ1) is 18.9. The molecule has 3 rings (SSSR count). The number of carbonyl (C=O) groups excluding carboxylic acids is 2. The van der Waals surface area contributed by atoms with E-state index in [9.17, 15) is 14.0 Å². The molecular weight excluding hydrogens is 347 g/mol. The third-order valence-electron chi connectivity index (χ3n) is 4.69. The smallest absolute Gasteiger partial charge is 0.260 e. The van der Waals surface area contributed by atoms with Crippen LogP contribution in [-0.2, 0) is 4.79 Å². The average Bonchev–Trinajstić information content (AvgIpc) is 2.67. The van der Waals surface area contributed by atoms with Crippen LogP contribution in [0.3, 0.4) is 0 Å². The Bertz CT molecular complexity index is 828. The first-order valence-corrected chi connectivity index (χ1v) is 8.97. The highest BCUT2D eigenvalue weighted by atomic mass is 19.1. The molecule has 0 unspecified atom stereocenters. The maximum Gasteiger partial charge on any atom is 0.260 e. The van der Waals surface area contributed by atoms with E-state index in [1.54, 1.807) is 9.80 Å². The molecule has 2 aromatic carbocycles. The van der Waals surface area contributed by atoms with Crippen LogP contribution in [0, 0.1) is 19.7 Å². The Hall–Kier alpha value is -2.89. The van der Waals surface area contributed by atoms with Crippen molar-refractivity contribution in [3.05, 3.63) is 65.0 Å². The Morgan fingerprint density at radius 3 is 2.22 bits per heavy atom. The van der Waals surface area contributed by atoms with Crippen LogP contribution in [0.2, 0.25) is 0 Å². The summed E-state index contributed by atoms with van der Waals surface area (Å²) in [6.45, 7) is 5.76. The average molecular weight is 370 g/mol. The molecule has 2 aromatic rings. The number of nitrogens with zero attached hydrogens (tertiary/aromatic N) is 2. The highest BCUT2D eigenvalue weighted by Gasteiger charge is 2.25. The number of hydrogen-bond donors (Lipinski definition) is 0. The second kappa shape index (κ2) is 8.20. The largest absolute Gasteiger partial charge is 0.484 e. The summed E-state index contributed by atoms with van der Waals surface area (Å²) in [6, 6.07) is 11.3. The summed E-state index contributed by atoms with van der Waals surface area (Å²) in [4.78, 5) is 28.2. The summed E-state index contributed by atoms with van der Waals surface area (Å²) in [7, 11) is 0. The maximum absolute atomic E-state index is 13.0. The van der Waals surface area contributed by atoms with E-state index in [-0.39, 0.29) is 24.2 Å². The van der Waals surface area contributed by atoms with Crippen molar-refractivity contribution in [1.82, 2.24) is 9.80 Å². The standard InChI is InChI=1S/C21H23FN2O3/c1-15-3-8-19(16(2)13-15)27-14-20(25)23-9-11-24(12-10-23)21(26)17-4-6-18(22)7-5-17/h3-8,13H,9-12,14H2,1-2H3. The van der Waals surface area contributed by atoms with Crippen LogP contribution >= 0.6 is 0 Å². The summed E-state index contributed by atoms with van der Waals surface area (Å²) >= 11 is 0. The van der Waals surface area contributed by atoms with Crippen LogP contribution in [0.4, 0.5) is 4.39 Å². The molecule has 1 aliphatic rings. The lowest BCUT2D eigenvalue weighted by molar-refractivity contribution is -0.134. The maximum atomic E-state index is 13.0. The highest BCUT2D eigenvalue weighted by molar-refractivity contribution is 5.94. The molecule has 6 heteroatoms. The first-order valence-electron chi connectivity index (χ1n) is 8.97. The van der Waals surface area contributed by atoms with Gasteiger partial charge in [0.25, 0.3) is 11.8 Å². The number of benzene rings is 2. The summed E-state index contributed by atoms with van der Waals surface area (Å²) in [5.41, 5.74) is 2.60. The van der Waals surface area contributed by atoms with Crippen molar-refractivity contribution in [3.63, 3.8) is 0 Å². The summed E-state index contributed by atoms with van der Waals surface area (Å²) in [5.74, 6) is 0.0994. The number of rotatable bonds is 4. The van der Waals surface area contributed by atoms with E-state index in [4.69, 9.17) is 4.74 Å². The fourth-order valence-corrected chi connectivity index (χ4v) is 3.13. The van der Waals surface area contributed by atoms with Crippen LogP contribution in [0.15, 0.2) is 42.5 Å². The third kappa shape index (κ3) is 4.64. The van der Waals surface area contributed by atoms with Gasteiger partial charge in [0.05, 0.1) is 0 Å². The van der Waals surface area contributed by atoms with Crippen molar-refractivity contribution in [2.75, 3.05) is 32.8 Å². The summed E-state index contributed by atoms with van der Waals surface area (Å²) < 4.78 is 18.6. The van der Waals surface area contributed by atoms with Gasteiger partial charge in [-0.25, -0.2) is 4.39 Å². The predicted molar refractivity (Wildman–Crippen MR) is 100 cm³/mol. The van der Waals surface area contributed by atoms with Crippen molar-refractivity contribution in [2.45, 2.75) is 13.8 Å². The van der Waals surface area contributed by atoms with Crippen LogP contribution in [0.25, 0.3) is 0 Å². The molecular formula is C21H23FN2O3. The molecule has 1 saturated heterocycles. The van der Waals surface area contributed by atoms with Gasteiger partial charge in [-0.05, 0) is 49.7 Å². The fourth-order valence-electron chi connectivity index (χ4n) is 3.13. The molecule has 1 fully saturated rings. The Morgan fingerprint density at radius 2 is 1.59 bits per heavy atom. The second-order valence-corrected chi connectivity index (χ2v) is 6.74. The molecule has 0 N–H and O–H groups in total. The lowest BCUT2D eigenvalue weighted by Gasteiger charge is -2.34. The van der Waals surface area contributed by atoms with Crippen molar-refractivity contribution >= 4 is 11.8 Å². The normalized spacial score (nSPS) is 14.2. The van der Waals surface area contributed by atoms with Gasteiger partial charge >= 0.3 is 0 Å². The number of carbonyl (C=O) groups is 2. The Labute approximate surface area is 158 Å². The SMILES string of the molecule is Cc1ccc(OCC(=O)N2CCN(C(=O)c3ccc(F)cc3)CC2)c(C)c1. The van der Waals surface area contributed by atoms with Gasteiger partial charge < -0.3 is 14.5 Å². The van der Waals surface area contributed by atoms with Crippen molar-refractivity contribution in [3.8, 4) is 5.75 Å². The monoisotopic (exact) mass is 370 g/mol. The number of hydrogen-bond acceptors (Lipinski definition) is 3. The van der Waals surface area contributed by atoms with E-state index < -0.39 is 0 Å². The molecule has 0 saturated carbocycles. The number of aryl methyl sites for hydroxylation is 2. The molecule has 1 aliphatic heterocycles. The van der Waals surface area contributed by atoms with Gasteiger partial charge in [0.2, 0.25) is 0 Å². The Morgan fingerprint density at radius 1 is 0.963 bits per heavy atom. The zero-order valence-electron chi connectivity index (χ0n) is 15.6. The molecule has 0 atom stereocenters. The van der Waals surface area contributed by atoms with E-state index in [2.05, 4.69) is 0 Å². The van der Waals surface area contributed by atoms with Crippen LogP contribution in [-0.4, -0.2) is 54.4 Å². The molecule has 0 bridgehead atoms. The highest BCUT2D eigenvalue weighted by Crippen LogP contribution is 2.19. The van der Waals surface area contributed by atoms with E-state index in [0.29, 0.717) is 37.5 Å². The molecule has 5 nitrogen and oxygen atoms in total. The second-order valence-electron chi connectivity index (χ2n) is 6.74. The van der Waals surface area contributed by atoms with Gasteiger partial charge in [-0.1, -0.05) is 17.7 Å². The Kier molecular flexibility index (Phi) is 5.74. The van der Waals surface area contributed by atoms with Gasteiger partial charge in [-0.2, -0.15) is 0 Å². The molecule has 0 radical (unpaired) electrons. The van der Waals surface area contributed by atoms with E-state index in [1.807, 2.05) is 32.0 Å². The van der Waals surface area contributed by atoms with Crippen molar-refractivity contribution in [2.24, 2.45) is 0 Å². The minimum absolute atomic E-state index is 0.0180. The molecule has 0 aliphatic carbocycles. The lowest BCUT2D eigenvalue weighted by atomic mass is 10.1. The van der Waals surface area contributed by atoms with Gasteiger partial charge in [0.1, 0.15) is 11.6 Å². The van der Waals surface area contributed by atoms with E-state index in [1.165, 1.54) is 24.3 Å². The summed E-state index contributed by atoms with van der Waals surface area (Å²) in [5, 5.41) is 0. The fraction of sp³-hybridized carbons (Fsp3) is 0.333. The van der Waals surface area contributed by atoms with Gasteiger partial charge in [-0.3, -0.25) is 9.59 Å². The number of amides is 2. The minimum atomic E-state index is -0.370. The number of piperazine rings is 1. The van der Waals surface area contributed by atoms with Gasteiger partial charge in [0.15, 0.2) is 6.61 Å². The van der Waals surface area contributed by atoms with E-state index in [0.717, 1.165) is 11.1 Å². The van der Waals surface area contributed by atoms with Gasteiger partial charge in [-0.15, -0.1) is 0 Å². The number of halogens is 1. The molecule has 142 valence electrons. The first-order chi connectivity index (χ1) is 12.9. The van der Waals surface area contributed by atoms with Crippen LogP contribution < -0.4 is 4.74 Å². The van der Waals surface area contributed by atoms with Crippen molar-refractivity contribution < 1.29 is 18.7 Å². The molecule has 1 heterocycles. The van der Waals surface area contributed by atoms with Gasteiger partial charge in [0, 0.05) is 31.7 Å². The summed E-state index contributed by atoms with van der Waals surface area (Å²) in [6.07, 6.45) is 0. The quantitative estimate of drug-likeness (QED) is 0.832. The molecule has 2 amide bonds. The van der Waals surface area contributed by atoms with E-state index >= 15 is 0 Å². The van der Waals surface area contributed by atoms with Crippen LogP contribution in [0.1, 0.15) is 21.5 Å². The topological polar surface area (TPSA) is 49.9 Å². The Balaban J connectivity index is 1.50. The molecule has 27 heavy (non-hydrogen) atoms. The molecule has 0 aromatic heterocycles. The minimum Gasteiger partial charge on any atom is -0.484 e. The zero-order chi connectivity index (χ0) is 19.4. The zero-order valence-corrected chi connectivity index (χ0v) is 15.6.